The molecule has 0 aliphatic rings. The highest BCUT2D eigenvalue weighted by atomic mass is 19.1. The summed E-state index contributed by atoms with van der Waals surface area (Å²) in [6.07, 6.45) is 0. The van der Waals surface area contributed by atoms with Gasteiger partial charge in [0.25, 0.3) is 0 Å². The average molecular weight is 197 g/mol. The van der Waals surface area contributed by atoms with E-state index in [1.807, 2.05) is 0 Å². The first-order valence-electron chi connectivity index (χ1n) is 3.96. The Labute approximate surface area is 80.6 Å². The third-order valence-corrected chi connectivity index (χ3v) is 1.51. The van der Waals surface area contributed by atoms with Crippen molar-refractivity contribution in [2.75, 3.05) is 13.6 Å². The van der Waals surface area contributed by atoms with Gasteiger partial charge < -0.3 is 10.4 Å². The second-order valence-electron chi connectivity index (χ2n) is 2.62. The molecule has 1 aromatic rings. The molecule has 0 unspecified atom stereocenters. The van der Waals surface area contributed by atoms with Crippen LogP contribution < -0.4 is 5.32 Å². The topological polar surface area (TPSA) is 32.3 Å². The first-order chi connectivity index (χ1) is 6.65. The van der Waals surface area contributed by atoms with Crippen LogP contribution in [0.4, 0.5) is 8.78 Å². The van der Waals surface area contributed by atoms with E-state index in [0.29, 0.717) is 6.54 Å². The summed E-state index contributed by atoms with van der Waals surface area (Å²) in [5, 5.41) is 11.6. The zero-order valence-corrected chi connectivity index (χ0v) is 7.56. The summed E-state index contributed by atoms with van der Waals surface area (Å²) in [7, 11) is 1.71. The van der Waals surface area contributed by atoms with Crippen molar-refractivity contribution in [2.24, 2.45) is 0 Å². The average Bonchev–Trinajstić information content (AvgIpc) is 2.14. The smallest absolute Gasteiger partial charge is 0.187 e. The lowest BCUT2D eigenvalue weighted by atomic mass is 10.2. The van der Waals surface area contributed by atoms with Gasteiger partial charge >= 0.3 is 0 Å². The summed E-state index contributed by atoms with van der Waals surface area (Å²) in [6, 6.07) is 1.97. The SMILES string of the molecule is CNCC#Cc1cc(F)c(O)c(F)c1. The number of phenols is 1. The molecule has 0 aromatic heterocycles. The van der Waals surface area contributed by atoms with Crippen molar-refractivity contribution in [2.45, 2.75) is 0 Å². The van der Waals surface area contributed by atoms with Crippen molar-refractivity contribution in [3.8, 4) is 17.6 Å². The van der Waals surface area contributed by atoms with E-state index >= 15 is 0 Å². The molecule has 0 saturated heterocycles. The molecule has 2 N–H and O–H groups in total. The number of rotatable bonds is 1. The van der Waals surface area contributed by atoms with Gasteiger partial charge in [0, 0.05) is 5.56 Å². The zero-order chi connectivity index (χ0) is 10.6. The Kier molecular flexibility index (Phi) is 3.43. The predicted molar refractivity (Wildman–Crippen MR) is 48.8 cm³/mol. The molecule has 0 spiro atoms. The van der Waals surface area contributed by atoms with Crippen LogP contribution in [-0.2, 0) is 0 Å². The fourth-order valence-corrected chi connectivity index (χ4v) is 0.872. The molecule has 0 heterocycles. The van der Waals surface area contributed by atoms with Crippen LogP contribution in [0.25, 0.3) is 0 Å². The molecule has 0 aliphatic heterocycles. The molecule has 74 valence electrons. The van der Waals surface area contributed by atoms with Crippen LogP contribution in [0, 0.1) is 23.5 Å². The van der Waals surface area contributed by atoms with Crippen LogP contribution in [0.1, 0.15) is 5.56 Å². The normalized spacial score (nSPS) is 9.36. The van der Waals surface area contributed by atoms with E-state index in [2.05, 4.69) is 17.2 Å². The van der Waals surface area contributed by atoms with Crippen LogP contribution in [-0.4, -0.2) is 18.7 Å². The molecule has 0 fully saturated rings. The summed E-state index contributed by atoms with van der Waals surface area (Å²) in [5.74, 6) is 2.23. The Hall–Kier alpha value is -1.60. The number of hydrogen-bond donors (Lipinski definition) is 2. The number of phenolic OH excluding ortho intramolecular Hbond substituents is 1. The second-order valence-corrected chi connectivity index (χ2v) is 2.62. The Morgan fingerprint density at radius 2 is 1.93 bits per heavy atom. The van der Waals surface area contributed by atoms with Gasteiger partial charge in [-0.15, -0.1) is 0 Å². The van der Waals surface area contributed by atoms with E-state index in [1.54, 1.807) is 7.05 Å². The van der Waals surface area contributed by atoms with Crippen LogP contribution in [0.5, 0.6) is 5.75 Å². The molecule has 4 heteroatoms. The molecule has 0 saturated carbocycles. The number of aromatic hydroxyl groups is 1. The Morgan fingerprint density at radius 3 is 2.43 bits per heavy atom. The molecule has 1 rings (SSSR count). The number of nitrogens with one attached hydrogen (secondary N) is 1. The highest BCUT2D eigenvalue weighted by molar-refractivity contribution is 5.39. The van der Waals surface area contributed by atoms with Gasteiger partial charge in [0.2, 0.25) is 0 Å². The molecule has 0 atom stereocenters. The maximum atomic E-state index is 12.8. The highest BCUT2D eigenvalue weighted by Gasteiger charge is 2.07. The zero-order valence-electron chi connectivity index (χ0n) is 7.56. The standard InChI is InChI=1S/C10H9F2NO/c1-13-4-2-3-7-5-8(11)10(14)9(12)6-7/h5-6,13-14H,4H2,1H3. The third kappa shape index (κ3) is 2.44. The number of hydrogen-bond acceptors (Lipinski definition) is 2. The van der Waals surface area contributed by atoms with E-state index < -0.39 is 17.4 Å². The fourth-order valence-electron chi connectivity index (χ4n) is 0.872. The molecule has 14 heavy (non-hydrogen) atoms. The second kappa shape index (κ2) is 4.58. The molecule has 0 aliphatic carbocycles. The Balaban J connectivity index is 2.97. The van der Waals surface area contributed by atoms with Crippen LogP contribution in [0.3, 0.4) is 0 Å². The summed E-state index contributed by atoms with van der Waals surface area (Å²) in [4.78, 5) is 0. The minimum atomic E-state index is -1.00. The Bertz CT molecular complexity index is 370. The lowest BCUT2D eigenvalue weighted by molar-refractivity contribution is 0.396. The molecule has 0 bridgehead atoms. The van der Waals surface area contributed by atoms with Gasteiger partial charge in [-0.25, -0.2) is 8.78 Å². The van der Waals surface area contributed by atoms with Crippen molar-refractivity contribution < 1.29 is 13.9 Å². The van der Waals surface area contributed by atoms with Crippen molar-refractivity contribution in [3.63, 3.8) is 0 Å². The van der Waals surface area contributed by atoms with Crippen molar-refractivity contribution >= 4 is 0 Å². The van der Waals surface area contributed by atoms with Gasteiger partial charge in [-0.1, -0.05) is 11.8 Å². The van der Waals surface area contributed by atoms with Gasteiger partial charge in [0.05, 0.1) is 6.54 Å². The summed E-state index contributed by atoms with van der Waals surface area (Å²) in [5.41, 5.74) is 0.202. The van der Waals surface area contributed by atoms with Crippen molar-refractivity contribution in [3.05, 3.63) is 29.3 Å². The van der Waals surface area contributed by atoms with Crippen molar-refractivity contribution in [1.29, 1.82) is 0 Å². The van der Waals surface area contributed by atoms with Crippen LogP contribution in [0.15, 0.2) is 12.1 Å². The Morgan fingerprint density at radius 1 is 1.36 bits per heavy atom. The molecule has 0 radical (unpaired) electrons. The molecule has 2 nitrogen and oxygen atoms in total. The largest absolute Gasteiger partial charge is 0.503 e. The van der Waals surface area contributed by atoms with E-state index in [0.717, 1.165) is 12.1 Å². The van der Waals surface area contributed by atoms with Crippen LogP contribution >= 0.6 is 0 Å². The summed E-state index contributed by atoms with van der Waals surface area (Å²) >= 11 is 0. The van der Waals surface area contributed by atoms with Gasteiger partial charge in [0.15, 0.2) is 17.4 Å². The maximum Gasteiger partial charge on any atom is 0.187 e. The lowest BCUT2D eigenvalue weighted by Gasteiger charge is -1.97. The van der Waals surface area contributed by atoms with E-state index in [4.69, 9.17) is 5.11 Å². The van der Waals surface area contributed by atoms with E-state index in [9.17, 15) is 8.78 Å². The quantitative estimate of drug-likeness (QED) is 0.664. The minimum absolute atomic E-state index is 0.202. The molecular weight excluding hydrogens is 188 g/mol. The lowest BCUT2D eigenvalue weighted by Crippen LogP contribution is -2.04. The van der Waals surface area contributed by atoms with Gasteiger partial charge in [0.1, 0.15) is 0 Å². The van der Waals surface area contributed by atoms with Gasteiger partial charge in [-0.3, -0.25) is 0 Å². The monoisotopic (exact) mass is 197 g/mol. The van der Waals surface area contributed by atoms with Crippen LogP contribution in [0.2, 0.25) is 0 Å². The molecular formula is C10H9F2NO. The van der Waals surface area contributed by atoms with Gasteiger partial charge in [-0.2, -0.15) is 0 Å². The number of benzene rings is 1. The van der Waals surface area contributed by atoms with Crippen molar-refractivity contribution in [1.82, 2.24) is 5.32 Å². The van der Waals surface area contributed by atoms with E-state index in [-0.39, 0.29) is 5.56 Å². The molecule has 0 amide bonds. The minimum Gasteiger partial charge on any atom is -0.503 e. The third-order valence-electron chi connectivity index (χ3n) is 1.51. The molecule has 1 aromatic carbocycles. The summed E-state index contributed by atoms with van der Waals surface area (Å²) in [6.45, 7) is 0.435. The first-order valence-corrected chi connectivity index (χ1v) is 3.96. The van der Waals surface area contributed by atoms with Gasteiger partial charge in [-0.05, 0) is 19.2 Å². The summed E-state index contributed by atoms with van der Waals surface area (Å²) < 4.78 is 25.6. The maximum absolute atomic E-state index is 12.8. The first kappa shape index (κ1) is 10.5. The fraction of sp³-hybridized carbons (Fsp3) is 0.200. The predicted octanol–water partition coefficient (Wildman–Crippen LogP) is 1.24. The number of halogens is 2. The van der Waals surface area contributed by atoms with E-state index in [1.165, 1.54) is 0 Å². The highest BCUT2D eigenvalue weighted by Crippen LogP contribution is 2.20.